The van der Waals surface area contributed by atoms with Crippen LogP contribution in [0.3, 0.4) is 0 Å². The second-order valence-corrected chi connectivity index (χ2v) is 8.74. The molecule has 1 N–H and O–H groups in total. The molecule has 6 heterocycles. The number of anilines is 1. The van der Waals surface area contributed by atoms with Crippen LogP contribution in [0.4, 0.5) is 5.82 Å². The van der Waals surface area contributed by atoms with Gasteiger partial charge in [0.05, 0.1) is 24.6 Å². The first-order valence-corrected chi connectivity index (χ1v) is 11.7. The van der Waals surface area contributed by atoms with Crippen LogP contribution in [-0.2, 0) is 18.2 Å². The van der Waals surface area contributed by atoms with Crippen LogP contribution in [0.15, 0.2) is 48.9 Å². The van der Waals surface area contributed by atoms with Crippen LogP contribution in [-0.4, -0.2) is 73.5 Å². The third-order valence-corrected chi connectivity index (χ3v) is 6.38. The van der Waals surface area contributed by atoms with E-state index in [0.29, 0.717) is 13.0 Å². The number of morpholine rings is 1. The zero-order valence-corrected chi connectivity index (χ0v) is 19.1. The first kappa shape index (κ1) is 20.9. The lowest BCUT2D eigenvalue weighted by Crippen LogP contribution is -2.44. The van der Waals surface area contributed by atoms with E-state index in [2.05, 4.69) is 43.7 Å². The summed E-state index contributed by atoms with van der Waals surface area (Å²) in [6.07, 6.45) is 9.65. The van der Waals surface area contributed by atoms with Gasteiger partial charge in [-0.1, -0.05) is 6.08 Å². The second-order valence-electron chi connectivity index (χ2n) is 8.74. The molecule has 4 aromatic heterocycles. The molecule has 4 aromatic rings. The summed E-state index contributed by atoms with van der Waals surface area (Å²) < 4.78 is 9.66. The van der Waals surface area contributed by atoms with E-state index in [1.807, 2.05) is 36.1 Å². The molecule has 0 bridgehead atoms. The van der Waals surface area contributed by atoms with Crippen molar-refractivity contribution in [3.63, 3.8) is 0 Å². The van der Waals surface area contributed by atoms with Crippen molar-refractivity contribution in [2.75, 3.05) is 37.7 Å². The molecule has 1 atom stereocenters. The number of fused-ring (bicyclic) bond motifs is 1. The Balaban J connectivity index is 1.18. The van der Waals surface area contributed by atoms with Crippen molar-refractivity contribution in [3.8, 4) is 11.3 Å². The highest BCUT2D eigenvalue weighted by Crippen LogP contribution is 2.23. The van der Waals surface area contributed by atoms with E-state index in [9.17, 15) is 0 Å². The predicted molar refractivity (Wildman–Crippen MR) is 128 cm³/mol. The van der Waals surface area contributed by atoms with E-state index in [-0.39, 0.29) is 6.10 Å². The van der Waals surface area contributed by atoms with Crippen molar-refractivity contribution in [2.45, 2.75) is 18.9 Å². The topological polar surface area (TPSA) is 98.3 Å². The Morgan fingerprint density at radius 3 is 2.88 bits per heavy atom. The summed E-state index contributed by atoms with van der Waals surface area (Å²) in [4.78, 5) is 7.05. The van der Waals surface area contributed by atoms with Crippen molar-refractivity contribution < 1.29 is 4.74 Å². The minimum absolute atomic E-state index is 0.0152. The van der Waals surface area contributed by atoms with Crippen molar-refractivity contribution in [3.05, 3.63) is 60.3 Å². The van der Waals surface area contributed by atoms with Crippen LogP contribution in [0.25, 0.3) is 22.5 Å². The first-order valence-electron chi connectivity index (χ1n) is 11.7. The largest absolute Gasteiger partial charge is 0.374 e. The van der Waals surface area contributed by atoms with Gasteiger partial charge in [0.15, 0.2) is 11.5 Å². The van der Waals surface area contributed by atoms with E-state index in [4.69, 9.17) is 14.8 Å². The summed E-state index contributed by atoms with van der Waals surface area (Å²) in [7, 11) is 1.89. The molecule has 0 aliphatic carbocycles. The Bertz CT molecular complexity index is 1320. The maximum atomic E-state index is 6.08. The van der Waals surface area contributed by atoms with Gasteiger partial charge >= 0.3 is 0 Å². The summed E-state index contributed by atoms with van der Waals surface area (Å²) in [5.74, 6) is 1.77. The Hall–Kier alpha value is -3.63. The summed E-state index contributed by atoms with van der Waals surface area (Å²) in [6, 6.07) is 8.18. The van der Waals surface area contributed by atoms with Crippen LogP contribution < -0.4 is 10.2 Å². The SMILES string of the molecule is Cn1cc(-c2ccc3nnc(CC4CN(c5ccc(C6=CCNCC6)cn5)CCO4)n3n2)cn1. The Morgan fingerprint density at radius 2 is 2.09 bits per heavy atom. The molecule has 6 rings (SSSR count). The van der Waals surface area contributed by atoms with Gasteiger partial charge in [-0.2, -0.15) is 14.7 Å². The van der Waals surface area contributed by atoms with E-state index in [1.54, 1.807) is 10.9 Å². The molecule has 0 saturated carbocycles. The molecule has 2 aliphatic rings. The Labute approximate surface area is 197 Å². The molecule has 10 nitrogen and oxygen atoms in total. The molecule has 10 heteroatoms. The third-order valence-electron chi connectivity index (χ3n) is 6.38. The smallest absolute Gasteiger partial charge is 0.177 e. The molecule has 0 spiro atoms. The lowest BCUT2D eigenvalue weighted by Gasteiger charge is -2.33. The lowest BCUT2D eigenvalue weighted by atomic mass is 10.0. The third kappa shape index (κ3) is 4.17. The van der Waals surface area contributed by atoms with Crippen LogP contribution in [0.5, 0.6) is 0 Å². The van der Waals surface area contributed by atoms with E-state index >= 15 is 0 Å². The number of nitrogens with zero attached hydrogens (tertiary/aromatic N) is 8. The maximum Gasteiger partial charge on any atom is 0.177 e. The normalized spacial score (nSPS) is 18.9. The fourth-order valence-corrected chi connectivity index (χ4v) is 4.57. The number of hydrogen-bond acceptors (Lipinski definition) is 8. The fourth-order valence-electron chi connectivity index (χ4n) is 4.57. The van der Waals surface area contributed by atoms with E-state index in [1.165, 1.54) is 11.1 Å². The highest BCUT2D eigenvalue weighted by Gasteiger charge is 2.24. The standard InChI is InChI=1S/C24H27N9O/c1-31-15-19(14-27-31)21-3-5-23-28-29-24(33(23)30-21)12-20-16-32(10-11-34-20)22-4-2-18(13-26-22)17-6-8-25-9-7-17/h2-6,13-15,20,25H,7-12,16H2,1H3. The van der Waals surface area contributed by atoms with E-state index < -0.39 is 0 Å². The molecular formula is C24H27N9O. The van der Waals surface area contributed by atoms with Gasteiger partial charge in [-0.25, -0.2) is 4.98 Å². The maximum absolute atomic E-state index is 6.08. The number of aryl methyl sites for hydroxylation is 1. The molecule has 174 valence electrons. The van der Waals surface area contributed by atoms with Gasteiger partial charge in [-0.15, -0.1) is 10.2 Å². The average molecular weight is 458 g/mol. The minimum Gasteiger partial charge on any atom is -0.374 e. The van der Waals surface area contributed by atoms with Crippen LogP contribution >= 0.6 is 0 Å². The van der Waals surface area contributed by atoms with Crippen LogP contribution in [0, 0.1) is 0 Å². The number of nitrogens with one attached hydrogen (secondary N) is 1. The van der Waals surface area contributed by atoms with Gasteiger partial charge < -0.3 is 15.0 Å². The Morgan fingerprint density at radius 1 is 1.12 bits per heavy atom. The molecule has 1 saturated heterocycles. The van der Waals surface area contributed by atoms with Crippen LogP contribution in [0.2, 0.25) is 0 Å². The Kier molecular flexibility index (Phi) is 5.52. The number of ether oxygens (including phenoxy) is 1. The average Bonchev–Trinajstić information content (AvgIpc) is 3.51. The van der Waals surface area contributed by atoms with Crippen molar-refractivity contribution in [1.82, 2.24) is 39.9 Å². The molecule has 0 aromatic carbocycles. The lowest BCUT2D eigenvalue weighted by molar-refractivity contribution is 0.0392. The molecule has 1 fully saturated rings. The summed E-state index contributed by atoms with van der Waals surface area (Å²) in [6.45, 7) is 4.17. The van der Waals surface area contributed by atoms with Crippen molar-refractivity contribution in [2.24, 2.45) is 7.05 Å². The zero-order chi connectivity index (χ0) is 22.9. The number of aromatic nitrogens is 7. The quantitative estimate of drug-likeness (QED) is 0.484. The number of pyridine rings is 1. The number of hydrogen-bond donors (Lipinski definition) is 1. The van der Waals surface area contributed by atoms with Gasteiger partial charge in [0.2, 0.25) is 0 Å². The highest BCUT2D eigenvalue weighted by atomic mass is 16.5. The highest BCUT2D eigenvalue weighted by molar-refractivity contribution is 5.67. The zero-order valence-electron chi connectivity index (χ0n) is 19.1. The van der Waals surface area contributed by atoms with Crippen LogP contribution in [0.1, 0.15) is 17.8 Å². The first-order chi connectivity index (χ1) is 16.7. The van der Waals surface area contributed by atoms with Gasteiger partial charge in [-0.3, -0.25) is 4.68 Å². The summed E-state index contributed by atoms with van der Waals surface area (Å²) in [5, 5.41) is 21.1. The predicted octanol–water partition coefficient (Wildman–Crippen LogP) is 1.74. The summed E-state index contributed by atoms with van der Waals surface area (Å²) >= 11 is 0. The molecule has 0 amide bonds. The molecular weight excluding hydrogens is 430 g/mol. The van der Waals surface area contributed by atoms with Gasteiger partial charge in [0.1, 0.15) is 5.82 Å². The van der Waals surface area contributed by atoms with Gasteiger partial charge in [0.25, 0.3) is 0 Å². The molecule has 0 radical (unpaired) electrons. The van der Waals surface area contributed by atoms with Gasteiger partial charge in [-0.05, 0) is 48.4 Å². The molecule has 2 aliphatic heterocycles. The van der Waals surface area contributed by atoms with Crippen molar-refractivity contribution >= 4 is 17.0 Å². The van der Waals surface area contributed by atoms with E-state index in [0.717, 1.165) is 61.1 Å². The van der Waals surface area contributed by atoms with Crippen molar-refractivity contribution in [1.29, 1.82) is 0 Å². The monoisotopic (exact) mass is 457 g/mol. The fraction of sp³-hybridized carbons (Fsp3) is 0.375. The molecule has 1 unspecified atom stereocenters. The van der Waals surface area contributed by atoms with Gasteiger partial charge in [0, 0.05) is 51.1 Å². The summed E-state index contributed by atoms with van der Waals surface area (Å²) in [5.41, 5.74) is 5.09. The number of rotatable bonds is 5. The minimum atomic E-state index is -0.0152. The molecule has 34 heavy (non-hydrogen) atoms. The second kappa shape index (κ2) is 8.96.